The molecule has 6 atom stereocenters. The van der Waals surface area contributed by atoms with E-state index in [1.54, 1.807) is 11.0 Å². The molecule has 3 aliphatic rings. The number of likely N-dealkylation sites (tertiary alicyclic amines) is 1. The van der Waals surface area contributed by atoms with Gasteiger partial charge in [-0.2, -0.15) is 0 Å². The zero-order valence-corrected chi connectivity index (χ0v) is 24.0. The fourth-order valence-electron chi connectivity index (χ4n) is 7.13. The topological polar surface area (TPSA) is 108 Å². The van der Waals surface area contributed by atoms with Crippen molar-refractivity contribution in [1.82, 2.24) is 10.2 Å². The van der Waals surface area contributed by atoms with Crippen molar-refractivity contribution < 1.29 is 24.2 Å². The van der Waals surface area contributed by atoms with Crippen LogP contribution in [0.4, 0.5) is 5.69 Å². The fraction of sp³-hybridized carbons (Fsp3) is 0.516. The summed E-state index contributed by atoms with van der Waals surface area (Å²) in [7, 11) is 0. The number of hydrogen-bond acceptors (Lipinski definition) is 5. The Morgan fingerprint density at radius 2 is 1.85 bits per heavy atom. The lowest BCUT2D eigenvalue weighted by Crippen LogP contribution is -2.54. The number of benzene rings is 2. The lowest BCUT2D eigenvalue weighted by atomic mass is 9.62. The van der Waals surface area contributed by atoms with Gasteiger partial charge in [0.05, 0.1) is 28.1 Å². The summed E-state index contributed by atoms with van der Waals surface area (Å²) < 4.78 is 6.77. The third-order valence-corrected chi connectivity index (χ3v) is 9.50. The van der Waals surface area contributed by atoms with Crippen molar-refractivity contribution in [3.63, 3.8) is 0 Å². The maximum absolute atomic E-state index is 14.2. The van der Waals surface area contributed by atoms with Gasteiger partial charge in [0.1, 0.15) is 11.6 Å². The Morgan fingerprint density at radius 1 is 1.10 bits per heavy atom. The molecule has 3 aliphatic heterocycles. The number of aryl methyl sites for hydroxylation is 1. The van der Waals surface area contributed by atoms with Crippen molar-refractivity contribution in [2.75, 3.05) is 18.5 Å². The van der Waals surface area contributed by atoms with Crippen molar-refractivity contribution in [1.29, 1.82) is 0 Å². The fourth-order valence-corrected chi connectivity index (χ4v) is 7.40. The second-order valence-corrected chi connectivity index (χ2v) is 12.1. The summed E-state index contributed by atoms with van der Waals surface area (Å²) >= 11 is 6.44. The number of ether oxygens (including phenoxy) is 1. The average Bonchev–Trinajstić information content (AvgIpc) is 3.44. The second kappa shape index (κ2) is 11.1. The van der Waals surface area contributed by atoms with Crippen molar-refractivity contribution in [2.24, 2.45) is 17.8 Å². The lowest BCUT2D eigenvalue weighted by molar-refractivity contribution is -0.146. The molecular weight excluding hydrogens is 530 g/mol. The lowest BCUT2D eigenvalue weighted by Gasteiger charge is -2.36. The minimum atomic E-state index is -1.13. The Labute approximate surface area is 240 Å². The molecule has 0 aromatic heterocycles. The van der Waals surface area contributed by atoms with Crippen molar-refractivity contribution in [3.05, 3.63) is 64.7 Å². The summed E-state index contributed by atoms with van der Waals surface area (Å²) in [5.74, 6) is -2.37. The Bertz CT molecular complexity index is 1270. The van der Waals surface area contributed by atoms with Gasteiger partial charge in [-0.3, -0.25) is 14.4 Å². The van der Waals surface area contributed by atoms with Gasteiger partial charge in [-0.15, -0.1) is 0 Å². The number of nitrogens with one attached hydrogen (secondary N) is 2. The monoisotopic (exact) mass is 567 g/mol. The van der Waals surface area contributed by atoms with Crippen LogP contribution in [0.2, 0.25) is 5.02 Å². The summed E-state index contributed by atoms with van der Waals surface area (Å²) in [5.41, 5.74) is 0.261. The van der Waals surface area contributed by atoms with E-state index in [0.29, 0.717) is 49.5 Å². The quantitative estimate of drug-likeness (QED) is 0.375. The maximum atomic E-state index is 14.2. The number of para-hydroxylation sites is 1. The van der Waals surface area contributed by atoms with E-state index in [4.69, 9.17) is 16.3 Å². The predicted molar refractivity (Wildman–Crippen MR) is 153 cm³/mol. The van der Waals surface area contributed by atoms with E-state index in [0.717, 1.165) is 11.1 Å². The number of carbonyl (C=O) groups is 3. The molecule has 2 bridgehead atoms. The van der Waals surface area contributed by atoms with E-state index in [-0.39, 0.29) is 30.2 Å². The van der Waals surface area contributed by atoms with E-state index in [1.807, 2.05) is 63.2 Å². The van der Waals surface area contributed by atoms with Crippen LogP contribution in [-0.2, 0) is 25.7 Å². The normalized spacial score (nSPS) is 30.4. The van der Waals surface area contributed by atoms with Gasteiger partial charge < -0.3 is 25.4 Å². The van der Waals surface area contributed by atoms with Crippen LogP contribution in [0.25, 0.3) is 0 Å². The van der Waals surface area contributed by atoms with Crippen LogP contribution in [0.5, 0.6) is 0 Å². The molecule has 3 unspecified atom stereocenters. The highest BCUT2D eigenvalue weighted by atomic mass is 35.5. The molecule has 0 saturated carbocycles. The summed E-state index contributed by atoms with van der Waals surface area (Å²) in [4.78, 5) is 43.7. The number of aliphatic hydroxyl groups excluding tert-OH is 1. The number of fused-ring (bicyclic) bond motifs is 1. The van der Waals surface area contributed by atoms with Crippen LogP contribution in [0.1, 0.15) is 50.7 Å². The van der Waals surface area contributed by atoms with Crippen LogP contribution in [-0.4, -0.2) is 58.1 Å². The smallest absolute Gasteiger partial charge is 0.250 e. The summed E-state index contributed by atoms with van der Waals surface area (Å²) in [5, 5.41) is 15.7. The minimum absolute atomic E-state index is 0.0456. The van der Waals surface area contributed by atoms with Gasteiger partial charge in [0.25, 0.3) is 0 Å². The third kappa shape index (κ3) is 4.70. The highest BCUT2D eigenvalue weighted by Crippen LogP contribution is 2.65. The zero-order valence-electron chi connectivity index (χ0n) is 23.3. The van der Waals surface area contributed by atoms with Crippen LogP contribution in [0, 0.1) is 24.7 Å². The van der Waals surface area contributed by atoms with Gasteiger partial charge in [0.2, 0.25) is 17.7 Å². The number of nitrogens with zero attached hydrogens (tertiary/aromatic N) is 1. The van der Waals surface area contributed by atoms with E-state index < -0.39 is 29.1 Å². The molecule has 3 fully saturated rings. The molecule has 8 nitrogen and oxygen atoms in total. The highest BCUT2D eigenvalue weighted by molar-refractivity contribution is 6.34. The van der Waals surface area contributed by atoms with Gasteiger partial charge in [0, 0.05) is 19.7 Å². The van der Waals surface area contributed by atoms with Gasteiger partial charge in [-0.1, -0.05) is 61.0 Å². The molecule has 2 aromatic rings. The first kappa shape index (κ1) is 28.6. The molecule has 3 saturated heterocycles. The molecule has 9 heteroatoms. The number of unbranched alkanes of at least 4 members (excludes halogenated alkanes) is 2. The molecule has 0 radical (unpaired) electrons. The molecule has 40 heavy (non-hydrogen) atoms. The first-order chi connectivity index (χ1) is 19.1. The van der Waals surface area contributed by atoms with Crippen molar-refractivity contribution >= 4 is 35.0 Å². The average molecular weight is 568 g/mol. The molecule has 3 N–H and O–H groups in total. The standard InChI is InChI=1S/C31H38ClN3O5/c1-19-11-10-14-22(32)25(19)34-28(38)26-31-17-20(2)30(3,40-31)23(27(37)33-18-21-12-6-4-7-13-21)24(31)29(39)35(26)15-8-5-9-16-36/h4,6-7,10-14,20,23-24,26,36H,5,8-9,15-18H2,1-3H3,(H,33,37)(H,34,38)/t20?,23-,24+,26?,30+,31?/m1/s1. The SMILES string of the molecule is Cc1cccc(Cl)c1NC(=O)C1N(CCCCCO)C(=O)[C@@H]2[C@H](C(=O)NCc3ccccc3)[C@@]3(C)OC12CC3C. The number of aliphatic hydroxyl groups is 1. The van der Waals surface area contributed by atoms with E-state index in [2.05, 4.69) is 10.6 Å². The Kier molecular flexibility index (Phi) is 7.97. The maximum Gasteiger partial charge on any atom is 0.250 e. The van der Waals surface area contributed by atoms with Crippen molar-refractivity contribution in [2.45, 2.75) is 70.2 Å². The number of hydrogen-bond donors (Lipinski definition) is 3. The third-order valence-electron chi connectivity index (χ3n) is 9.18. The van der Waals surface area contributed by atoms with Crippen LogP contribution >= 0.6 is 11.6 Å². The molecular formula is C31H38ClN3O5. The number of amides is 3. The molecule has 2 aromatic carbocycles. The second-order valence-electron chi connectivity index (χ2n) is 11.6. The Morgan fingerprint density at radius 3 is 2.55 bits per heavy atom. The Balaban J connectivity index is 1.48. The largest absolute Gasteiger partial charge is 0.396 e. The van der Waals surface area contributed by atoms with Gasteiger partial charge in [0.15, 0.2) is 0 Å². The van der Waals surface area contributed by atoms with Gasteiger partial charge >= 0.3 is 0 Å². The molecule has 3 amide bonds. The Hall–Kier alpha value is -2.94. The van der Waals surface area contributed by atoms with Crippen LogP contribution < -0.4 is 10.6 Å². The molecule has 214 valence electrons. The highest BCUT2D eigenvalue weighted by Gasteiger charge is 2.79. The molecule has 5 rings (SSSR count). The van der Waals surface area contributed by atoms with E-state index in [9.17, 15) is 19.5 Å². The van der Waals surface area contributed by atoms with Crippen LogP contribution in [0.15, 0.2) is 48.5 Å². The number of rotatable bonds is 10. The van der Waals surface area contributed by atoms with Gasteiger partial charge in [-0.05, 0) is 62.6 Å². The zero-order chi connectivity index (χ0) is 28.7. The molecule has 3 heterocycles. The van der Waals surface area contributed by atoms with E-state index >= 15 is 0 Å². The minimum Gasteiger partial charge on any atom is -0.396 e. The molecule has 0 aliphatic carbocycles. The first-order valence-electron chi connectivity index (χ1n) is 14.1. The summed E-state index contributed by atoms with van der Waals surface area (Å²) in [6.45, 7) is 6.55. The first-order valence-corrected chi connectivity index (χ1v) is 14.5. The van der Waals surface area contributed by atoms with Gasteiger partial charge in [-0.25, -0.2) is 0 Å². The number of halogens is 1. The number of carbonyl (C=O) groups excluding carboxylic acids is 3. The number of anilines is 1. The van der Waals surface area contributed by atoms with Crippen LogP contribution in [0.3, 0.4) is 0 Å². The van der Waals surface area contributed by atoms with E-state index in [1.165, 1.54) is 0 Å². The summed E-state index contributed by atoms with van der Waals surface area (Å²) in [6.07, 6.45) is 2.45. The molecule has 1 spiro atoms. The predicted octanol–water partition coefficient (Wildman–Crippen LogP) is 4.08. The summed E-state index contributed by atoms with van der Waals surface area (Å²) in [6, 6.07) is 14.1. The van der Waals surface area contributed by atoms with Crippen molar-refractivity contribution in [3.8, 4) is 0 Å².